The summed E-state index contributed by atoms with van der Waals surface area (Å²) in [5.41, 5.74) is 0. The van der Waals surface area contributed by atoms with Gasteiger partial charge in [0.05, 0.1) is 5.92 Å². The molecule has 0 amide bonds. The number of halogens is 1. The monoisotopic (exact) mass is 202 g/mol. The Bertz CT molecular complexity index is 257. The summed E-state index contributed by atoms with van der Waals surface area (Å²) < 4.78 is 0. The zero-order valence-electron chi connectivity index (χ0n) is 6.92. The van der Waals surface area contributed by atoms with Gasteiger partial charge in [0.1, 0.15) is 6.29 Å². The summed E-state index contributed by atoms with van der Waals surface area (Å²) in [6.45, 7) is 2.10. The van der Waals surface area contributed by atoms with Gasteiger partial charge in [-0.1, -0.05) is 6.92 Å². The predicted molar refractivity (Wildman–Crippen MR) is 53.2 cm³/mol. The molecule has 0 N–H and O–H groups in total. The summed E-state index contributed by atoms with van der Waals surface area (Å²) in [6, 6.07) is 4.05. The van der Waals surface area contributed by atoms with Crippen molar-refractivity contribution >= 4 is 29.2 Å². The normalized spacial score (nSPS) is 12.8. The molecule has 1 rings (SSSR count). The number of carbonyl (C=O) groups excluding carboxylic acids is 1. The highest BCUT2D eigenvalue weighted by Crippen LogP contribution is 2.24. The van der Waals surface area contributed by atoms with Crippen LogP contribution in [-0.4, -0.2) is 12.2 Å². The Morgan fingerprint density at radius 2 is 2.42 bits per heavy atom. The molecule has 12 heavy (non-hydrogen) atoms. The molecular formula is C9H11ClOS. The van der Waals surface area contributed by atoms with Crippen LogP contribution in [0.25, 0.3) is 0 Å². The number of rotatable bonds is 4. The molecule has 1 aromatic heterocycles. The molecule has 0 fully saturated rings. The van der Waals surface area contributed by atoms with E-state index in [1.54, 1.807) is 11.3 Å². The minimum absolute atomic E-state index is 0.114. The van der Waals surface area contributed by atoms with Gasteiger partial charge in [-0.25, -0.2) is 0 Å². The molecule has 66 valence electrons. The van der Waals surface area contributed by atoms with Gasteiger partial charge in [-0.3, -0.25) is 0 Å². The average Bonchev–Trinajstić information content (AvgIpc) is 2.55. The number of thiophene rings is 1. The summed E-state index contributed by atoms with van der Waals surface area (Å²) in [4.78, 5) is 12.9. The van der Waals surface area contributed by atoms with E-state index >= 15 is 0 Å². The number of aldehydes is 1. The van der Waals surface area contributed by atoms with Crippen molar-refractivity contribution in [3.63, 3.8) is 0 Å². The summed E-state index contributed by atoms with van der Waals surface area (Å²) in [6.07, 6.45) is 1.94. The molecule has 1 heterocycles. The van der Waals surface area contributed by atoms with Crippen LogP contribution in [-0.2, 0) is 11.2 Å². The van der Waals surface area contributed by atoms with E-state index in [-0.39, 0.29) is 5.92 Å². The highest BCUT2D eigenvalue weighted by Gasteiger charge is 2.10. The molecule has 1 aromatic rings. The van der Waals surface area contributed by atoms with Gasteiger partial charge in [-0.05, 0) is 18.6 Å². The van der Waals surface area contributed by atoms with E-state index in [1.807, 2.05) is 6.07 Å². The SMILES string of the molecule is CCc1ccc(C(C=O)CCl)s1. The number of aryl methyl sites for hydroxylation is 1. The van der Waals surface area contributed by atoms with Gasteiger partial charge in [0.2, 0.25) is 0 Å². The number of hydrogen-bond donors (Lipinski definition) is 0. The van der Waals surface area contributed by atoms with E-state index in [9.17, 15) is 4.79 Å². The van der Waals surface area contributed by atoms with Crippen molar-refractivity contribution in [2.45, 2.75) is 19.3 Å². The molecular weight excluding hydrogens is 192 g/mol. The highest BCUT2D eigenvalue weighted by atomic mass is 35.5. The minimum Gasteiger partial charge on any atom is -0.303 e. The molecule has 0 bridgehead atoms. The Labute approximate surface area is 81.4 Å². The fourth-order valence-corrected chi connectivity index (χ4v) is 2.30. The summed E-state index contributed by atoms with van der Waals surface area (Å²) >= 11 is 7.30. The van der Waals surface area contributed by atoms with E-state index in [0.29, 0.717) is 5.88 Å². The number of alkyl halides is 1. The van der Waals surface area contributed by atoms with Crippen LogP contribution in [0.3, 0.4) is 0 Å². The Kier molecular flexibility index (Phi) is 3.76. The van der Waals surface area contributed by atoms with E-state index in [0.717, 1.165) is 17.6 Å². The third-order valence-corrected chi connectivity index (χ3v) is 3.42. The second-order valence-corrected chi connectivity index (χ2v) is 4.06. The van der Waals surface area contributed by atoms with Gasteiger partial charge < -0.3 is 4.79 Å². The smallest absolute Gasteiger partial charge is 0.129 e. The quantitative estimate of drug-likeness (QED) is 0.542. The molecule has 0 radical (unpaired) electrons. The molecule has 0 saturated heterocycles. The first-order valence-electron chi connectivity index (χ1n) is 3.91. The van der Waals surface area contributed by atoms with E-state index in [1.165, 1.54) is 4.88 Å². The van der Waals surface area contributed by atoms with E-state index < -0.39 is 0 Å². The fraction of sp³-hybridized carbons (Fsp3) is 0.444. The van der Waals surface area contributed by atoms with E-state index in [4.69, 9.17) is 11.6 Å². The third-order valence-electron chi connectivity index (χ3n) is 1.73. The molecule has 0 aromatic carbocycles. The van der Waals surface area contributed by atoms with Crippen molar-refractivity contribution in [1.82, 2.24) is 0 Å². The Morgan fingerprint density at radius 1 is 1.67 bits per heavy atom. The van der Waals surface area contributed by atoms with Gasteiger partial charge in [-0.15, -0.1) is 22.9 Å². The molecule has 3 heteroatoms. The standard InChI is InChI=1S/C9H11ClOS/c1-2-8-3-4-9(12-8)7(5-10)6-11/h3-4,6-7H,2,5H2,1H3. The van der Waals surface area contributed by atoms with Crippen molar-refractivity contribution in [3.8, 4) is 0 Å². The molecule has 0 spiro atoms. The lowest BCUT2D eigenvalue weighted by molar-refractivity contribution is -0.108. The van der Waals surface area contributed by atoms with Crippen molar-refractivity contribution in [2.75, 3.05) is 5.88 Å². The molecule has 1 atom stereocenters. The Morgan fingerprint density at radius 3 is 2.83 bits per heavy atom. The van der Waals surface area contributed by atoms with Crippen LogP contribution in [0, 0.1) is 0 Å². The van der Waals surface area contributed by atoms with E-state index in [2.05, 4.69) is 13.0 Å². The maximum atomic E-state index is 10.6. The zero-order valence-corrected chi connectivity index (χ0v) is 8.49. The van der Waals surface area contributed by atoms with Crippen LogP contribution in [0.4, 0.5) is 0 Å². The van der Waals surface area contributed by atoms with Crippen molar-refractivity contribution in [2.24, 2.45) is 0 Å². The highest BCUT2D eigenvalue weighted by molar-refractivity contribution is 7.12. The van der Waals surface area contributed by atoms with Crippen LogP contribution >= 0.6 is 22.9 Å². The second kappa shape index (κ2) is 4.63. The largest absolute Gasteiger partial charge is 0.303 e. The third kappa shape index (κ3) is 2.08. The fourth-order valence-electron chi connectivity index (χ4n) is 0.963. The van der Waals surface area contributed by atoms with Crippen LogP contribution in [0.5, 0.6) is 0 Å². The summed E-state index contributed by atoms with van der Waals surface area (Å²) in [5, 5.41) is 0. The second-order valence-electron chi connectivity index (χ2n) is 2.55. The van der Waals surface area contributed by atoms with Gasteiger partial charge in [0.25, 0.3) is 0 Å². The molecule has 1 nitrogen and oxygen atoms in total. The van der Waals surface area contributed by atoms with Crippen LogP contribution in [0.2, 0.25) is 0 Å². The number of carbonyl (C=O) groups is 1. The molecule has 0 aliphatic heterocycles. The average molecular weight is 203 g/mol. The summed E-state index contributed by atoms with van der Waals surface area (Å²) in [7, 11) is 0. The molecule has 0 saturated carbocycles. The predicted octanol–water partition coefficient (Wildman–Crippen LogP) is 2.83. The number of hydrogen-bond acceptors (Lipinski definition) is 2. The van der Waals surface area contributed by atoms with Crippen LogP contribution < -0.4 is 0 Å². The Hall–Kier alpha value is -0.340. The van der Waals surface area contributed by atoms with Gasteiger partial charge in [0.15, 0.2) is 0 Å². The maximum absolute atomic E-state index is 10.6. The molecule has 0 aliphatic rings. The van der Waals surface area contributed by atoms with Crippen molar-refractivity contribution in [1.29, 1.82) is 0 Å². The molecule has 1 unspecified atom stereocenters. The van der Waals surface area contributed by atoms with Crippen LogP contribution in [0.15, 0.2) is 12.1 Å². The van der Waals surface area contributed by atoms with Gasteiger partial charge >= 0.3 is 0 Å². The summed E-state index contributed by atoms with van der Waals surface area (Å²) in [5.74, 6) is 0.268. The molecule has 0 aliphatic carbocycles. The Balaban J connectivity index is 2.79. The lowest BCUT2D eigenvalue weighted by Gasteiger charge is -2.00. The first kappa shape index (κ1) is 9.75. The van der Waals surface area contributed by atoms with Gasteiger partial charge in [0, 0.05) is 15.6 Å². The van der Waals surface area contributed by atoms with Crippen molar-refractivity contribution in [3.05, 3.63) is 21.9 Å². The zero-order chi connectivity index (χ0) is 8.97. The minimum atomic E-state index is -0.114. The van der Waals surface area contributed by atoms with Crippen LogP contribution in [0.1, 0.15) is 22.6 Å². The van der Waals surface area contributed by atoms with Gasteiger partial charge in [-0.2, -0.15) is 0 Å². The topological polar surface area (TPSA) is 17.1 Å². The first-order valence-corrected chi connectivity index (χ1v) is 5.26. The first-order chi connectivity index (χ1) is 5.81. The van der Waals surface area contributed by atoms with Crippen molar-refractivity contribution < 1.29 is 4.79 Å². The maximum Gasteiger partial charge on any atom is 0.129 e. The lowest BCUT2D eigenvalue weighted by atomic mass is 10.2. The lowest BCUT2D eigenvalue weighted by Crippen LogP contribution is -1.98.